The molecule has 3 rings (SSSR count). The second kappa shape index (κ2) is 5.72. The molecule has 0 aliphatic heterocycles. The van der Waals surface area contributed by atoms with Crippen LogP contribution in [-0.2, 0) is 9.59 Å². The molecular weight excluding hydrogens is 300 g/mol. The van der Waals surface area contributed by atoms with E-state index in [0.29, 0.717) is 16.6 Å². The average molecular weight is 310 g/mol. The number of fused-ring (bicyclic) bond motifs is 1. The minimum Gasteiger partial charge on any atom is -0.478 e. The number of aromatic nitrogens is 2. The molecule has 0 saturated carbocycles. The van der Waals surface area contributed by atoms with Gasteiger partial charge in [-0.15, -0.1) is 0 Å². The summed E-state index contributed by atoms with van der Waals surface area (Å²) in [5.74, 6) is -2.67. The topological polar surface area (TPSA) is 114 Å². The largest absolute Gasteiger partial charge is 0.478 e. The maximum Gasteiger partial charge on any atom is 0.337 e. The third-order valence-electron chi connectivity index (χ3n) is 3.28. The second-order valence-corrected chi connectivity index (χ2v) is 4.69. The van der Waals surface area contributed by atoms with Crippen LogP contribution < -0.4 is 0 Å². The number of carboxylic acid groups (broad SMARTS) is 2. The minimum absolute atomic E-state index is 0.210. The molecule has 1 aromatic heterocycles. The van der Waals surface area contributed by atoms with Crippen molar-refractivity contribution in [3.63, 3.8) is 0 Å². The number of benzene rings is 2. The first-order valence-corrected chi connectivity index (χ1v) is 6.57. The van der Waals surface area contributed by atoms with E-state index < -0.39 is 11.9 Å². The Bertz CT molecular complexity index is 928. The normalized spacial score (nSPS) is 12.0. The molecule has 0 aliphatic rings. The summed E-state index contributed by atoms with van der Waals surface area (Å²) >= 11 is 0. The molecule has 0 atom stereocenters. The van der Waals surface area contributed by atoms with Crippen LogP contribution in [0.3, 0.4) is 0 Å². The van der Waals surface area contributed by atoms with Crippen molar-refractivity contribution in [1.82, 2.24) is 10.3 Å². The summed E-state index contributed by atoms with van der Waals surface area (Å²) in [6.07, 6.45) is 0. The summed E-state index contributed by atoms with van der Waals surface area (Å²) in [5.41, 5.74) is 0.689. The maximum absolute atomic E-state index is 11.7. The lowest BCUT2D eigenvalue weighted by Gasteiger charge is -2.09. The van der Waals surface area contributed by atoms with Gasteiger partial charge in [0.1, 0.15) is 11.0 Å². The van der Waals surface area contributed by atoms with Gasteiger partial charge >= 0.3 is 11.9 Å². The highest BCUT2D eigenvalue weighted by atomic mass is 16.6. The number of nitrogens with zero attached hydrogens (tertiary/aromatic N) is 2. The van der Waals surface area contributed by atoms with E-state index in [2.05, 4.69) is 14.9 Å². The molecule has 0 bridgehead atoms. The molecule has 3 aromatic rings. The van der Waals surface area contributed by atoms with E-state index in [1.807, 2.05) is 0 Å². The summed E-state index contributed by atoms with van der Waals surface area (Å²) in [7, 11) is 0. The van der Waals surface area contributed by atoms with Crippen LogP contribution in [-0.4, -0.2) is 32.5 Å². The third kappa shape index (κ3) is 2.67. The molecule has 2 N–H and O–H groups in total. The fourth-order valence-electron chi connectivity index (χ4n) is 2.29. The summed E-state index contributed by atoms with van der Waals surface area (Å²) in [5, 5.41) is 26.3. The van der Waals surface area contributed by atoms with Gasteiger partial charge in [-0.25, -0.2) is 14.2 Å². The lowest BCUT2D eigenvalue weighted by molar-refractivity contribution is -0.132. The van der Waals surface area contributed by atoms with Crippen molar-refractivity contribution in [3.8, 4) is 0 Å². The monoisotopic (exact) mass is 310 g/mol. The van der Waals surface area contributed by atoms with Gasteiger partial charge in [-0.2, -0.15) is 0 Å². The van der Waals surface area contributed by atoms with Gasteiger partial charge in [0.2, 0.25) is 0 Å². The minimum atomic E-state index is -1.35. The zero-order valence-corrected chi connectivity index (χ0v) is 11.6. The van der Waals surface area contributed by atoms with Gasteiger partial charge in [-0.1, -0.05) is 36.4 Å². The molecule has 114 valence electrons. The van der Waals surface area contributed by atoms with E-state index in [-0.39, 0.29) is 16.7 Å². The fourth-order valence-corrected chi connectivity index (χ4v) is 2.29. The average Bonchev–Trinajstić information content (AvgIpc) is 3.00. The first-order valence-electron chi connectivity index (χ1n) is 6.57. The molecule has 1 heterocycles. The summed E-state index contributed by atoms with van der Waals surface area (Å²) in [6, 6.07) is 12.5. The molecule has 0 saturated heterocycles. The summed E-state index contributed by atoms with van der Waals surface area (Å²) in [6.45, 7) is 0. The van der Waals surface area contributed by atoms with Crippen molar-refractivity contribution in [2.45, 2.75) is 0 Å². The van der Waals surface area contributed by atoms with Crippen LogP contribution in [0.2, 0.25) is 0 Å². The Hall–Kier alpha value is -3.48. The summed E-state index contributed by atoms with van der Waals surface area (Å²) < 4.78 is 4.57. The molecule has 0 fully saturated rings. The Morgan fingerprint density at radius 3 is 2.04 bits per heavy atom. The molecule has 0 aliphatic carbocycles. The highest BCUT2D eigenvalue weighted by Gasteiger charge is 2.24. The van der Waals surface area contributed by atoms with Crippen molar-refractivity contribution in [1.29, 1.82) is 0 Å². The van der Waals surface area contributed by atoms with Gasteiger partial charge in [0, 0.05) is 0 Å². The molecule has 7 nitrogen and oxygen atoms in total. The fraction of sp³-hybridized carbons (Fsp3) is 0. The van der Waals surface area contributed by atoms with Gasteiger partial charge < -0.3 is 10.2 Å². The molecule has 0 spiro atoms. The third-order valence-corrected chi connectivity index (χ3v) is 3.28. The van der Waals surface area contributed by atoms with E-state index in [4.69, 9.17) is 0 Å². The van der Waals surface area contributed by atoms with Crippen LogP contribution in [0.1, 0.15) is 11.1 Å². The van der Waals surface area contributed by atoms with Crippen LogP contribution in [0, 0.1) is 0 Å². The zero-order chi connectivity index (χ0) is 16.4. The Morgan fingerprint density at radius 1 is 0.783 bits per heavy atom. The Labute approximate surface area is 129 Å². The van der Waals surface area contributed by atoms with E-state index >= 15 is 0 Å². The lowest BCUT2D eigenvalue weighted by atomic mass is 9.94. The van der Waals surface area contributed by atoms with Gasteiger partial charge in [0.05, 0.1) is 11.1 Å². The number of hydrogen-bond acceptors (Lipinski definition) is 5. The first kappa shape index (κ1) is 14.5. The SMILES string of the molecule is O=C(O)C(=C(C(=O)O)c1ccc2nonc2c1)c1ccccc1. The Kier molecular flexibility index (Phi) is 3.60. The highest BCUT2D eigenvalue weighted by molar-refractivity contribution is 6.36. The van der Waals surface area contributed by atoms with Crippen molar-refractivity contribution in [3.05, 3.63) is 59.7 Å². The number of carbonyl (C=O) groups is 2. The number of hydrogen-bond donors (Lipinski definition) is 2. The van der Waals surface area contributed by atoms with Crippen molar-refractivity contribution >= 4 is 34.1 Å². The number of carboxylic acids is 2. The predicted molar refractivity (Wildman–Crippen MR) is 80.3 cm³/mol. The molecule has 0 amide bonds. The Balaban J connectivity index is 2.30. The van der Waals surface area contributed by atoms with Crippen molar-refractivity contribution in [2.75, 3.05) is 0 Å². The molecule has 23 heavy (non-hydrogen) atoms. The van der Waals surface area contributed by atoms with E-state index in [0.717, 1.165) is 0 Å². The van der Waals surface area contributed by atoms with Gasteiger partial charge in [0.25, 0.3) is 0 Å². The van der Waals surface area contributed by atoms with Crippen molar-refractivity contribution < 1.29 is 24.4 Å². The molecule has 7 heteroatoms. The van der Waals surface area contributed by atoms with Crippen LogP contribution in [0.25, 0.3) is 22.2 Å². The molecule has 0 unspecified atom stereocenters. The van der Waals surface area contributed by atoms with E-state index in [1.165, 1.54) is 18.2 Å². The van der Waals surface area contributed by atoms with E-state index in [1.54, 1.807) is 30.3 Å². The van der Waals surface area contributed by atoms with Crippen LogP contribution in [0.4, 0.5) is 0 Å². The van der Waals surface area contributed by atoms with Gasteiger partial charge in [-0.05, 0) is 33.6 Å². The van der Waals surface area contributed by atoms with Crippen LogP contribution >= 0.6 is 0 Å². The van der Waals surface area contributed by atoms with Gasteiger partial charge in [0.15, 0.2) is 0 Å². The van der Waals surface area contributed by atoms with Gasteiger partial charge in [-0.3, -0.25) is 0 Å². The lowest BCUT2D eigenvalue weighted by Crippen LogP contribution is -2.10. The standard InChI is InChI=1S/C16H10N2O5/c19-15(20)13(9-4-2-1-3-5-9)14(16(21)22)10-6-7-11-12(8-10)18-23-17-11/h1-8H,(H,19,20)(H,21,22). The maximum atomic E-state index is 11.7. The first-order chi connectivity index (χ1) is 11.1. The zero-order valence-electron chi connectivity index (χ0n) is 11.6. The van der Waals surface area contributed by atoms with Crippen LogP contribution in [0.5, 0.6) is 0 Å². The smallest absolute Gasteiger partial charge is 0.337 e. The Morgan fingerprint density at radius 2 is 1.39 bits per heavy atom. The molecular formula is C16H10N2O5. The number of rotatable bonds is 4. The second-order valence-electron chi connectivity index (χ2n) is 4.69. The molecule has 0 radical (unpaired) electrons. The van der Waals surface area contributed by atoms with Crippen molar-refractivity contribution in [2.24, 2.45) is 0 Å². The van der Waals surface area contributed by atoms with E-state index in [9.17, 15) is 19.8 Å². The number of aliphatic carboxylic acids is 2. The highest BCUT2D eigenvalue weighted by Crippen LogP contribution is 2.28. The van der Waals surface area contributed by atoms with Crippen LogP contribution in [0.15, 0.2) is 53.2 Å². The molecule has 2 aromatic carbocycles. The quantitative estimate of drug-likeness (QED) is 0.561. The predicted octanol–water partition coefficient (Wildman–Crippen LogP) is 2.30. The summed E-state index contributed by atoms with van der Waals surface area (Å²) in [4.78, 5) is 23.4.